The van der Waals surface area contributed by atoms with Gasteiger partial charge < -0.3 is 0 Å². The summed E-state index contributed by atoms with van der Waals surface area (Å²) in [4.78, 5) is 0. The second-order valence-corrected chi connectivity index (χ2v) is 23.1. The quantitative estimate of drug-likeness (QED) is 0.154. The normalized spacial score (nSPS) is 11.6. The first-order chi connectivity index (χ1) is 23.9. The average Bonchev–Trinajstić information content (AvgIpc) is 3.79. The molecule has 3 heteroatoms. The van der Waals surface area contributed by atoms with Gasteiger partial charge in [0.2, 0.25) is 0 Å². The van der Waals surface area contributed by atoms with Crippen LogP contribution in [0.3, 0.4) is 0 Å². The van der Waals surface area contributed by atoms with Crippen LogP contribution in [0.2, 0.25) is 0 Å². The Morgan fingerprint density at radius 3 is 1.26 bits per heavy atom. The van der Waals surface area contributed by atoms with Gasteiger partial charge in [-0.3, -0.25) is 0 Å². The van der Waals surface area contributed by atoms with Crippen LogP contribution in [0.1, 0.15) is 63.8 Å². The maximum absolute atomic E-state index is 6.54. The molecule has 0 bridgehead atoms. The molecule has 0 N–H and O–H groups in total. The van der Waals surface area contributed by atoms with E-state index in [1.165, 1.54) is 54.2 Å². The van der Waals surface area contributed by atoms with Gasteiger partial charge in [-0.1, -0.05) is 76.9 Å². The topological polar surface area (TPSA) is 0 Å². The van der Waals surface area contributed by atoms with Crippen molar-refractivity contribution in [2.24, 2.45) is 0 Å². The van der Waals surface area contributed by atoms with Crippen LogP contribution in [0.5, 0.6) is 0 Å². The van der Waals surface area contributed by atoms with Crippen LogP contribution < -0.4 is 0 Å². The van der Waals surface area contributed by atoms with Crippen LogP contribution in [-0.4, -0.2) is 3.21 Å². The number of halogens is 2. The zero-order chi connectivity index (χ0) is 35.5. The zero-order valence-electron chi connectivity index (χ0n) is 29.8. The van der Waals surface area contributed by atoms with E-state index in [0.29, 0.717) is 0 Å². The molecule has 0 radical (unpaired) electrons. The van der Waals surface area contributed by atoms with Crippen molar-refractivity contribution in [3.63, 3.8) is 0 Å². The van der Waals surface area contributed by atoms with Crippen molar-refractivity contribution in [3.8, 4) is 0 Å². The third kappa shape index (κ3) is 8.46. The Bertz CT molecular complexity index is 2240. The third-order valence-corrected chi connectivity index (χ3v) is 13.8. The summed E-state index contributed by atoms with van der Waals surface area (Å²) in [6.07, 6.45) is 0. The molecule has 0 aromatic heterocycles. The van der Waals surface area contributed by atoms with E-state index in [1.807, 2.05) is 30.3 Å². The first-order valence-electron chi connectivity index (χ1n) is 17.2. The number of hydrogen-bond acceptors (Lipinski definition) is 0. The van der Waals surface area contributed by atoms with Crippen molar-refractivity contribution < 1.29 is 18.9 Å². The first kappa shape index (κ1) is 36.2. The smallest absolute Gasteiger partial charge is 0.172 e. The second-order valence-electron chi connectivity index (χ2n) is 15.0. The molecule has 0 aliphatic carbocycles. The van der Waals surface area contributed by atoms with E-state index in [9.17, 15) is 0 Å². The minimum absolute atomic E-state index is 0.194. The fraction of sp³-hybridized carbons (Fsp3) is 0.170. The molecule has 8 aromatic carbocycles. The Labute approximate surface area is 312 Å². The van der Waals surface area contributed by atoms with Gasteiger partial charge in [-0.25, -0.2) is 12.1 Å². The molecule has 0 nitrogen and oxygen atoms in total. The Morgan fingerprint density at radius 1 is 0.480 bits per heavy atom. The van der Waals surface area contributed by atoms with E-state index in [0.717, 1.165) is 14.3 Å². The molecule has 0 spiro atoms. The molecule has 0 unspecified atom stereocenters. The summed E-state index contributed by atoms with van der Waals surface area (Å²) in [7, 11) is 13.1. The number of fused-ring (bicyclic) bond motifs is 5. The minimum Gasteiger partial charge on any atom is -0.214 e. The summed E-state index contributed by atoms with van der Waals surface area (Å²) in [5.74, 6) is 0. The summed E-state index contributed by atoms with van der Waals surface area (Å²) in [6.45, 7) is 13.7. The Kier molecular flexibility index (Phi) is 11.1. The maximum Gasteiger partial charge on any atom is -0.172 e. The Hall–Kier alpha value is -3.61. The molecule has 252 valence electrons. The van der Waals surface area contributed by atoms with Crippen molar-refractivity contribution in [3.05, 3.63) is 180 Å². The van der Waals surface area contributed by atoms with Gasteiger partial charge in [0.15, 0.2) is 0 Å². The van der Waals surface area contributed by atoms with Crippen molar-refractivity contribution in [1.82, 2.24) is 0 Å². The van der Waals surface area contributed by atoms with E-state index in [4.69, 9.17) is 17.0 Å². The van der Waals surface area contributed by atoms with Gasteiger partial charge in [0, 0.05) is 0 Å². The summed E-state index contributed by atoms with van der Waals surface area (Å²) in [5, 5.41) is 10.4. The molecule has 0 heterocycles. The molecule has 0 atom stereocenters. The zero-order valence-corrected chi connectivity index (χ0v) is 33.7. The van der Waals surface area contributed by atoms with E-state index < -0.39 is 18.9 Å². The monoisotopic (exact) mass is 768 g/mol. The van der Waals surface area contributed by atoms with Gasteiger partial charge in [0.25, 0.3) is 0 Å². The standard InChI is InChI=1S/C21H14.C21H25.C5H5.2ClH.Zr/c1-3-7-20-14-16(9-11-18(20)5-1)13-17-10-12-19-6-2-4-8-21(19)15-17;1-20(2,3)16-9-7-14-11-15-8-10-17(21(4,5)6)13-19(15)18(14)12-16;1-2-4-5-3-1;;;/h1-12,14-15H;7-13H,1-6H3;1-5H;2*1H;/q;2*-1;;;+2/p-2. The van der Waals surface area contributed by atoms with Crippen LogP contribution >= 0.6 is 17.0 Å². The molecule has 0 aliphatic heterocycles. The van der Waals surface area contributed by atoms with Gasteiger partial charge in [0.1, 0.15) is 0 Å². The summed E-state index contributed by atoms with van der Waals surface area (Å²) >= 11 is -2.64. The van der Waals surface area contributed by atoms with Crippen LogP contribution in [0.15, 0.2) is 158 Å². The summed E-state index contributed by atoms with van der Waals surface area (Å²) < 4.78 is 1.14. The van der Waals surface area contributed by atoms with Gasteiger partial charge >= 0.3 is 157 Å². The fourth-order valence-electron chi connectivity index (χ4n) is 6.33. The summed E-state index contributed by atoms with van der Waals surface area (Å²) in [6, 6.07) is 55.8. The third-order valence-electron chi connectivity index (χ3n) is 9.26. The van der Waals surface area contributed by atoms with Crippen molar-refractivity contribution in [1.29, 1.82) is 0 Å². The molecule has 50 heavy (non-hydrogen) atoms. The van der Waals surface area contributed by atoms with Crippen LogP contribution in [0.4, 0.5) is 0 Å². The van der Waals surface area contributed by atoms with Gasteiger partial charge in [0.05, 0.1) is 0 Å². The molecule has 0 saturated heterocycles. The fourth-order valence-corrected chi connectivity index (χ4v) is 10.7. The molecular formula is C47H44Cl2Zr-2. The van der Waals surface area contributed by atoms with E-state index >= 15 is 0 Å². The molecule has 8 aromatic rings. The van der Waals surface area contributed by atoms with Crippen molar-refractivity contribution in [2.45, 2.75) is 52.4 Å². The largest absolute Gasteiger partial charge is 0.214 e. The van der Waals surface area contributed by atoms with Crippen LogP contribution in [0.25, 0.3) is 43.1 Å². The van der Waals surface area contributed by atoms with Crippen molar-refractivity contribution >= 4 is 63.3 Å². The maximum atomic E-state index is 6.54. The Morgan fingerprint density at radius 2 is 0.900 bits per heavy atom. The molecular weight excluding hydrogens is 727 g/mol. The predicted molar refractivity (Wildman–Crippen MR) is 219 cm³/mol. The van der Waals surface area contributed by atoms with Crippen molar-refractivity contribution in [2.75, 3.05) is 0 Å². The summed E-state index contributed by atoms with van der Waals surface area (Å²) in [5.41, 5.74) is 5.48. The number of benzene rings is 6. The van der Waals surface area contributed by atoms with E-state index in [2.05, 4.69) is 169 Å². The minimum atomic E-state index is -2.64. The second kappa shape index (κ2) is 15.3. The van der Waals surface area contributed by atoms with E-state index in [1.54, 1.807) is 0 Å². The van der Waals surface area contributed by atoms with Gasteiger partial charge in [-0.2, -0.15) is 18.2 Å². The van der Waals surface area contributed by atoms with Gasteiger partial charge in [-0.15, -0.1) is 39.7 Å². The first-order valence-corrected chi connectivity index (χ1v) is 24.8. The molecule has 0 amide bonds. The molecule has 0 saturated carbocycles. The van der Waals surface area contributed by atoms with Gasteiger partial charge in [-0.05, 0) is 10.8 Å². The Balaban J connectivity index is 0.000000153. The van der Waals surface area contributed by atoms with Crippen LogP contribution in [-0.2, 0) is 29.7 Å². The molecule has 8 rings (SSSR count). The predicted octanol–water partition coefficient (Wildman–Crippen LogP) is 14.2. The van der Waals surface area contributed by atoms with E-state index in [-0.39, 0.29) is 10.8 Å². The molecule has 0 fully saturated rings. The van der Waals surface area contributed by atoms with Crippen LogP contribution in [0, 0.1) is 0 Å². The molecule has 0 aliphatic rings. The average molecular weight is 771 g/mol. The number of hydrogen-bond donors (Lipinski definition) is 0. The SMILES string of the molecule is CC(C)(C)c1ccc2[cH-]c3ccc(C(C)(C)C)cc3c2c1.[Cl][Zr]([Cl])=[C](c1ccc2ccccc2c1)c1ccc2ccccc2c1.c1cc[cH-]c1. The number of rotatable bonds is 2.